The lowest BCUT2D eigenvalue weighted by Crippen LogP contribution is -2.41. The van der Waals surface area contributed by atoms with Crippen LogP contribution in [0.4, 0.5) is 0 Å². The first-order valence-electron chi connectivity index (χ1n) is 6.20. The topological polar surface area (TPSA) is 45.5 Å². The summed E-state index contributed by atoms with van der Waals surface area (Å²) in [5.74, 6) is 1.10. The molecule has 0 saturated carbocycles. The van der Waals surface area contributed by atoms with E-state index in [1.807, 2.05) is 30.9 Å². The number of carbonyl (C=O) groups excluding carboxylic acids is 1. The summed E-state index contributed by atoms with van der Waals surface area (Å²) in [5, 5.41) is 3.22. The fourth-order valence-corrected chi connectivity index (χ4v) is 1.75. The van der Waals surface area contributed by atoms with Crippen LogP contribution in [-0.2, 0) is 11.2 Å². The smallest absolute Gasteiger partial charge is 0.236 e. The van der Waals surface area contributed by atoms with E-state index in [2.05, 4.69) is 12.2 Å². The highest BCUT2D eigenvalue weighted by Gasteiger charge is 2.11. The molecule has 0 aliphatic rings. The van der Waals surface area contributed by atoms with Crippen LogP contribution in [0.3, 0.4) is 0 Å². The summed E-state index contributed by atoms with van der Waals surface area (Å²) < 4.78 is 5.27. The van der Waals surface area contributed by atoms with Gasteiger partial charge in [-0.05, 0) is 32.9 Å². The molecule has 0 saturated heterocycles. The molecule has 1 amide bonds. The predicted molar refractivity (Wildman–Crippen MR) is 67.8 cm³/mol. The average Bonchev–Trinajstić information content (AvgIpc) is 2.81. The van der Waals surface area contributed by atoms with E-state index in [1.165, 1.54) is 0 Å². The zero-order valence-electron chi connectivity index (χ0n) is 10.9. The van der Waals surface area contributed by atoms with Crippen LogP contribution in [0, 0.1) is 0 Å². The van der Waals surface area contributed by atoms with E-state index in [-0.39, 0.29) is 11.9 Å². The summed E-state index contributed by atoms with van der Waals surface area (Å²) in [6.45, 7) is 7.97. The Kier molecular flexibility index (Phi) is 5.77. The van der Waals surface area contributed by atoms with Gasteiger partial charge in [-0.2, -0.15) is 0 Å². The monoisotopic (exact) mass is 238 g/mol. The van der Waals surface area contributed by atoms with Crippen molar-refractivity contribution in [3.8, 4) is 0 Å². The summed E-state index contributed by atoms with van der Waals surface area (Å²) in [6, 6.07) is 4.06. The Labute approximate surface area is 103 Å². The lowest BCUT2D eigenvalue weighted by molar-refractivity contribution is -0.129. The van der Waals surface area contributed by atoms with Gasteiger partial charge in [0, 0.05) is 25.6 Å². The van der Waals surface area contributed by atoms with Gasteiger partial charge in [-0.1, -0.05) is 0 Å². The first-order valence-corrected chi connectivity index (χ1v) is 6.20. The minimum atomic E-state index is 0.154. The Morgan fingerprint density at radius 3 is 2.71 bits per heavy atom. The molecule has 0 aliphatic heterocycles. The average molecular weight is 238 g/mol. The van der Waals surface area contributed by atoms with Crippen LogP contribution < -0.4 is 5.32 Å². The lowest BCUT2D eigenvalue weighted by atomic mass is 10.2. The Hall–Kier alpha value is -1.29. The van der Waals surface area contributed by atoms with E-state index in [9.17, 15) is 4.79 Å². The number of furan rings is 1. The minimum Gasteiger partial charge on any atom is -0.469 e. The first kappa shape index (κ1) is 13.8. The molecule has 1 heterocycles. The van der Waals surface area contributed by atoms with Crippen LogP contribution >= 0.6 is 0 Å². The van der Waals surface area contributed by atoms with Crippen molar-refractivity contribution in [2.24, 2.45) is 0 Å². The van der Waals surface area contributed by atoms with Crippen LogP contribution in [0.25, 0.3) is 0 Å². The molecule has 4 heteroatoms. The molecule has 1 atom stereocenters. The van der Waals surface area contributed by atoms with Gasteiger partial charge < -0.3 is 14.6 Å². The number of likely N-dealkylation sites (N-methyl/N-ethyl adjacent to an activating group) is 1. The Morgan fingerprint density at radius 1 is 1.47 bits per heavy atom. The fraction of sp³-hybridized carbons (Fsp3) is 0.615. The highest BCUT2D eigenvalue weighted by atomic mass is 16.3. The number of amides is 1. The maximum atomic E-state index is 11.8. The largest absolute Gasteiger partial charge is 0.469 e. The van der Waals surface area contributed by atoms with Gasteiger partial charge in [0.1, 0.15) is 5.76 Å². The second-order valence-electron chi connectivity index (χ2n) is 4.13. The zero-order valence-corrected chi connectivity index (χ0v) is 10.9. The number of rotatable bonds is 7. The summed E-state index contributed by atoms with van der Waals surface area (Å²) in [4.78, 5) is 13.6. The predicted octanol–water partition coefficient (Wildman–Crippen LogP) is 1.67. The third-order valence-corrected chi connectivity index (χ3v) is 2.81. The molecule has 4 nitrogen and oxygen atoms in total. The molecular weight excluding hydrogens is 216 g/mol. The molecule has 0 bridgehead atoms. The highest BCUT2D eigenvalue weighted by Crippen LogP contribution is 2.03. The molecule has 17 heavy (non-hydrogen) atoms. The molecule has 1 unspecified atom stereocenters. The SMILES string of the molecule is CCN(CC)C(=O)CNC(C)Cc1ccco1. The third kappa shape index (κ3) is 4.61. The normalized spacial score (nSPS) is 12.4. The zero-order chi connectivity index (χ0) is 12.7. The summed E-state index contributed by atoms with van der Waals surface area (Å²) in [7, 11) is 0. The van der Waals surface area contributed by atoms with E-state index in [1.54, 1.807) is 6.26 Å². The van der Waals surface area contributed by atoms with Crippen molar-refractivity contribution in [3.05, 3.63) is 24.2 Å². The van der Waals surface area contributed by atoms with Crippen molar-refractivity contribution < 1.29 is 9.21 Å². The van der Waals surface area contributed by atoms with Gasteiger partial charge in [0.15, 0.2) is 0 Å². The van der Waals surface area contributed by atoms with Crippen LogP contribution in [-0.4, -0.2) is 36.5 Å². The second-order valence-corrected chi connectivity index (χ2v) is 4.13. The minimum absolute atomic E-state index is 0.154. The van der Waals surface area contributed by atoms with Gasteiger partial charge in [-0.3, -0.25) is 4.79 Å². The standard InChI is InChI=1S/C13H22N2O2/c1-4-15(5-2)13(16)10-14-11(3)9-12-7-6-8-17-12/h6-8,11,14H,4-5,9-10H2,1-3H3. The van der Waals surface area contributed by atoms with E-state index in [0.717, 1.165) is 25.3 Å². The van der Waals surface area contributed by atoms with E-state index in [0.29, 0.717) is 6.54 Å². The number of hydrogen-bond donors (Lipinski definition) is 1. The van der Waals surface area contributed by atoms with Crippen molar-refractivity contribution in [3.63, 3.8) is 0 Å². The van der Waals surface area contributed by atoms with Gasteiger partial charge in [0.25, 0.3) is 0 Å². The van der Waals surface area contributed by atoms with Gasteiger partial charge in [0.05, 0.1) is 12.8 Å². The van der Waals surface area contributed by atoms with Crippen molar-refractivity contribution in [2.75, 3.05) is 19.6 Å². The van der Waals surface area contributed by atoms with Gasteiger partial charge in [-0.15, -0.1) is 0 Å². The number of nitrogens with one attached hydrogen (secondary N) is 1. The molecule has 0 aliphatic carbocycles. The van der Waals surface area contributed by atoms with Crippen LogP contribution in [0.1, 0.15) is 26.5 Å². The van der Waals surface area contributed by atoms with Crippen LogP contribution in [0.15, 0.2) is 22.8 Å². The molecule has 0 radical (unpaired) electrons. The Bertz CT molecular complexity index is 318. The molecule has 1 rings (SSSR count). The summed E-state index contributed by atoms with van der Waals surface area (Å²) >= 11 is 0. The fourth-order valence-electron chi connectivity index (χ4n) is 1.75. The van der Waals surface area contributed by atoms with Crippen molar-refractivity contribution in [1.29, 1.82) is 0 Å². The second kappa shape index (κ2) is 7.12. The van der Waals surface area contributed by atoms with Crippen molar-refractivity contribution in [1.82, 2.24) is 10.2 Å². The van der Waals surface area contributed by atoms with Gasteiger partial charge in [-0.25, -0.2) is 0 Å². The maximum Gasteiger partial charge on any atom is 0.236 e. The van der Waals surface area contributed by atoms with Crippen LogP contribution in [0.5, 0.6) is 0 Å². The summed E-state index contributed by atoms with van der Waals surface area (Å²) in [5.41, 5.74) is 0. The lowest BCUT2D eigenvalue weighted by Gasteiger charge is -2.20. The van der Waals surface area contributed by atoms with Gasteiger partial charge in [0.2, 0.25) is 5.91 Å². The molecule has 1 N–H and O–H groups in total. The molecule has 1 aromatic heterocycles. The number of hydrogen-bond acceptors (Lipinski definition) is 3. The Balaban J connectivity index is 2.28. The maximum absolute atomic E-state index is 11.8. The Morgan fingerprint density at radius 2 is 2.18 bits per heavy atom. The van der Waals surface area contributed by atoms with E-state index in [4.69, 9.17) is 4.42 Å². The quantitative estimate of drug-likeness (QED) is 0.786. The molecule has 0 aromatic carbocycles. The van der Waals surface area contributed by atoms with Crippen molar-refractivity contribution >= 4 is 5.91 Å². The molecule has 0 fully saturated rings. The number of carbonyl (C=O) groups is 1. The summed E-state index contributed by atoms with van der Waals surface area (Å²) in [6.07, 6.45) is 2.47. The molecule has 96 valence electrons. The van der Waals surface area contributed by atoms with Gasteiger partial charge >= 0.3 is 0 Å². The highest BCUT2D eigenvalue weighted by molar-refractivity contribution is 5.78. The van der Waals surface area contributed by atoms with Crippen molar-refractivity contribution in [2.45, 2.75) is 33.2 Å². The van der Waals surface area contributed by atoms with E-state index >= 15 is 0 Å². The van der Waals surface area contributed by atoms with E-state index < -0.39 is 0 Å². The number of nitrogens with zero attached hydrogens (tertiary/aromatic N) is 1. The molecule has 1 aromatic rings. The van der Waals surface area contributed by atoms with Crippen LogP contribution in [0.2, 0.25) is 0 Å². The first-order chi connectivity index (χ1) is 8.17. The molecule has 0 spiro atoms. The third-order valence-electron chi connectivity index (χ3n) is 2.81. The molecular formula is C13H22N2O2.